The molecule has 0 N–H and O–H groups in total. The first kappa shape index (κ1) is 40.9. The van der Waals surface area contributed by atoms with Crippen LogP contribution in [0.5, 0.6) is 0 Å². The fourth-order valence-electron chi connectivity index (χ4n) is 2.50. The molecule has 42 heavy (non-hydrogen) atoms. The first-order valence-electron chi connectivity index (χ1n) is 11.1. The first-order valence-corrected chi connectivity index (χ1v) is 15.2. The average molecular weight is 671 g/mol. The molecule has 2 rings (SSSR count). The third-order valence-corrected chi connectivity index (χ3v) is 7.06. The number of benzene rings is 2. The smallest absolute Gasteiger partial charge is 0.338 e. The van der Waals surface area contributed by atoms with E-state index in [-0.39, 0.29) is 48.9 Å². The lowest BCUT2D eigenvalue weighted by atomic mass is 10.2. The maximum Gasteiger partial charge on any atom is 0.338 e. The number of carbonyl (C=O) groups excluding carboxylic acids is 3. The van der Waals surface area contributed by atoms with Gasteiger partial charge in [-0.2, -0.15) is 8.42 Å². The molecular weight excluding hydrogens is 637 g/mol. The van der Waals surface area contributed by atoms with Crippen LogP contribution in [0.2, 0.25) is 0 Å². The Balaban J connectivity index is 0. The second kappa shape index (κ2) is 18.4. The predicted octanol–water partition coefficient (Wildman–Crippen LogP) is 5.86. The molecule has 0 unspecified atom stereocenters. The predicted molar refractivity (Wildman–Crippen MR) is 157 cm³/mol. The van der Waals surface area contributed by atoms with Crippen LogP contribution in [0.1, 0.15) is 62.8 Å². The molecular formula is C25H33Cl2N3O10S2. The number of nitrogens with zero attached hydrogens (tertiary/aromatic N) is 3. The first-order chi connectivity index (χ1) is 18.5. The van der Waals surface area contributed by atoms with Crippen LogP contribution in [0.3, 0.4) is 0 Å². The second-order valence-electron chi connectivity index (χ2n) is 8.51. The van der Waals surface area contributed by atoms with E-state index >= 15 is 0 Å². The number of esters is 2. The summed E-state index contributed by atoms with van der Waals surface area (Å²) in [6.45, 7) is 4.46. The van der Waals surface area contributed by atoms with E-state index in [9.17, 15) is 31.2 Å². The van der Waals surface area contributed by atoms with Gasteiger partial charge in [0.15, 0.2) is 6.61 Å². The molecule has 0 bridgehead atoms. The van der Waals surface area contributed by atoms with Crippen molar-refractivity contribution in [2.24, 2.45) is 5.11 Å². The van der Waals surface area contributed by atoms with Crippen molar-refractivity contribution in [2.75, 3.05) is 19.8 Å². The highest BCUT2D eigenvalue weighted by molar-refractivity contribution is 8.13. The van der Waals surface area contributed by atoms with Gasteiger partial charge in [-0.25, -0.2) is 18.0 Å². The van der Waals surface area contributed by atoms with Crippen LogP contribution in [-0.4, -0.2) is 59.4 Å². The van der Waals surface area contributed by atoms with Gasteiger partial charge in [-0.15, -0.1) is 0 Å². The highest BCUT2D eigenvalue weighted by atomic mass is 35.7. The summed E-state index contributed by atoms with van der Waals surface area (Å²) in [5.41, 5.74) is 7.74. The molecule has 2 aromatic carbocycles. The van der Waals surface area contributed by atoms with Crippen LogP contribution in [0, 0.1) is 0 Å². The molecule has 17 heteroatoms. The van der Waals surface area contributed by atoms with Crippen LogP contribution < -0.4 is 0 Å². The van der Waals surface area contributed by atoms with Gasteiger partial charge in [0.2, 0.25) is 0 Å². The quantitative estimate of drug-likeness (QED) is 0.0531. The molecule has 0 aliphatic carbocycles. The molecule has 0 amide bonds. The lowest BCUT2D eigenvalue weighted by molar-refractivity contribution is -0.157. The minimum Gasteiger partial charge on any atom is -0.462 e. The minimum absolute atomic E-state index is 0. The van der Waals surface area contributed by atoms with Crippen LogP contribution in [0.15, 0.2) is 63.4 Å². The lowest BCUT2D eigenvalue weighted by Crippen LogP contribution is -2.27. The summed E-state index contributed by atoms with van der Waals surface area (Å²) in [5.74, 6) is -1.46. The number of ether oxygens (including phenoxy) is 2. The van der Waals surface area contributed by atoms with Gasteiger partial charge >= 0.3 is 11.9 Å². The fourth-order valence-corrected chi connectivity index (χ4v) is 4.25. The number of azide groups is 1. The van der Waals surface area contributed by atoms with Crippen molar-refractivity contribution < 1.29 is 44.9 Å². The SMILES string of the molecule is C.C.CC(C)(C)OC(=O)COS(=O)(=O)c1ccc(C(=O)OCCCN=[N+]=[N-])cc1.O=C(Cl)c1ccc(S(=O)(=O)Cl)cc1. The van der Waals surface area contributed by atoms with E-state index < -0.39 is 48.6 Å². The maximum atomic E-state index is 12.1. The van der Waals surface area contributed by atoms with Crippen LogP contribution in [-0.2, 0) is 37.6 Å². The Labute approximate surface area is 255 Å². The Morgan fingerprint density at radius 3 is 1.86 bits per heavy atom. The Bertz CT molecular complexity index is 1450. The van der Waals surface area contributed by atoms with Crippen molar-refractivity contribution in [3.8, 4) is 0 Å². The van der Waals surface area contributed by atoms with E-state index in [4.69, 9.17) is 37.3 Å². The second-order valence-corrected chi connectivity index (χ2v) is 13.0. The topological polar surface area (TPSA) is 196 Å². The number of hydrogen-bond acceptors (Lipinski definition) is 11. The normalized spacial score (nSPS) is 10.8. The molecule has 0 spiro atoms. The van der Waals surface area contributed by atoms with Gasteiger partial charge < -0.3 is 9.47 Å². The van der Waals surface area contributed by atoms with E-state index in [1.807, 2.05) is 0 Å². The summed E-state index contributed by atoms with van der Waals surface area (Å²) in [4.78, 5) is 36.3. The van der Waals surface area contributed by atoms with Crippen molar-refractivity contribution in [3.05, 3.63) is 70.1 Å². The Morgan fingerprint density at radius 2 is 1.40 bits per heavy atom. The molecule has 0 heterocycles. The summed E-state index contributed by atoms with van der Waals surface area (Å²) < 4.78 is 60.3. The number of carbonyl (C=O) groups is 3. The summed E-state index contributed by atoms with van der Waals surface area (Å²) in [5, 5.41) is 2.66. The van der Waals surface area contributed by atoms with Crippen LogP contribution >= 0.6 is 22.3 Å². The number of rotatable bonds is 11. The Kier molecular flexibility index (Phi) is 17.9. The summed E-state index contributed by atoms with van der Waals surface area (Å²) in [6, 6.07) is 9.89. The van der Waals surface area contributed by atoms with Gasteiger partial charge in [0.05, 0.1) is 22.0 Å². The van der Waals surface area contributed by atoms with E-state index in [2.05, 4.69) is 14.2 Å². The van der Waals surface area contributed by atoms with Gasteiger partial charge in [0.1, 0.15) is 5.60 Å². The van der Waals surface area contributed by atoms with E-state index in [1.54, 1.807) is 20.8 Å². The largest absolute Gasteiger partial charge is 0.462 e. The fraction of sp³-hybridized carbons (Fsp3) is 0.400. The highest BCUT2D eigenvalue weighted by Gasteiger charge is 2.22. The number of halogens is 2. The van der Waals surface area contributed by atoms with Gasteiger partial charge in [-0.1, -0.05) is 20.0 Å². The molecule has 0 aromatic heterocycles. The zero-order valence-electron chi connectivity index (χ0n) is 21.4. The molecule has 13 nitrogen and oxygen atoms in total. The summed E-state index contributed by atoms with van der Waals surface area (Å²) in [6.07, 6.45) is 0.376. The standard InChI is InChI=1S/C16H21N3O7S.C7H4Cl2O3S.2CH4/c1-16(2,3)26-14(20)11-25-27(22,23)13-7-5-12(6-8-13)15(21)24-10-4-9-18-19-17;8-7(10)5-1-3-6(4-2-5)13(9,11)12;;/h5-8H,4,9-11H2,1-3H3;1-4H;2*1H4. The molecule has 0 fully saturated rings. The molecule has 0 saturated heterocycles. The van der Waals surface area contributed by atoms with Crippen molar-refractivity contribution >= 4 is 58.6 Å². The van der Waals surface area contributed by atoms with Crippen molar-refractivity contribution in [2.45, 2.75) is 57.4 Å². The molecule has 0 aliphatic heterocycles. The molecule has 0 saturated carbocycles. The third kappa shape index (κ3) is 15.7. The van der Waals surface area contributed by atoms with Crippen LogP contribution in [0.25, 0.3) is 10.4 Å². The van der Waals surface area contributed by atoms with Crippen molar-refractivity contribution in [3.63, 3.8) is 0 Å². The highest BCUT2D eigenvalue weighted by Crippen LogP contribution is 2.17. The zero-order valence-corrected chi connectivity index (χ0v) is 24.6. The van der Waals surface area contributed by atoms with Crippen molar-refractivity contribution in [1.29, 1.82) is 0 Å². The van der Waals surface area contributed by atoms with Crippen LogP contribution in [0.4, 0.5) is 0 Å². The van der Waals surface area contributed by atoms with E-state index in [0.29, 0.717) is 6.42 Å². The zero-order chi connectivity index (χ0) is 30.6. The Hall–Kier alpha value is -3.20. The van der Waals surface area contributed by atoms with Gasteiger partial charge in [-0.3, -0.25) is 8.98 Å². The van der Waals surface area contributed by atoms with Crippen molar-refractivity contribution in [1.82, 2.24) is 0 Å². The molecule has 0 aliphatic rings. The van der Waals surface area contributed by atoms with E-state index in [0.717, 1.165) is 0 Å². The number of hydrogen-bond donors (Lipinski definition) is 0. The summed E-state index contributed by atoms with van der Waals surface area (Å²) >= 11 is 5.15. The third-order valence-electron chi connectivity index (χ3n) is 4.19. The van der Waals surface area contributed by atoms with Gasteiger partial charge in [0.25, 0.3) is 24.4 Å². The Morgan fingerprint density at radius 1 is 0.905 bits per heavy atom. The van der Waals surface area contributed by atoms with E-state index in [1.165, 1.54) is 48.5 Å². The van der Waals surface area contributed by atoms with Gasteiger partial charge in [0, 0.05) is 27.7 Å². The average Bonchev–Trinajstić information content (AvgIpc) is 2.86. The molecule has 0 radical (unpaired) electrons. The lowest BCUT2D eigenvalue weighted by Gasteiger charge is -2.19. The van der Waals surface area contributed by atoms with Gasteiger partial charge in [-0.05, 0) is 92.9 Å². The minimum atomic E-state index is -4.18. The molecule has 234 valence electrons. The summed E-state index contributed by atoms with van der Waals surface area (Å²) in [7, 11) is -2.86. The molecule has 2 aromatic rings. The monoisotopic (exact) mass is 669 g/mol. The maximum absolute atomic E-state index is 12.1. The molecule has 0 atom stereocenters.